The molecule has 3 rings (SSSR count). The summed E-state index contributed by atoms with van der Waals surface area (Å²) in [4.78, 5) is 0. The van der Waals surface area contributed by atoms with Gasteiger partial charge in [-0.15, -0.1) is 0 Å². The van der Waals surface area contributed by atoms with Crippen molar-refractivity contribution in [1.82, 2.24) is 5.32 Å². The first-order chi connectivity index (χ1) is 8.40. The highest BCUT2D eigenvalue weighted by atomic mass is 16.5. The van der Waals surface area contributed by atoms with Gasteiger partial charge in [-0.1, -0.05) is 12.1 Å². The maximum atomic E-state index is 5.72. The number of hydrogen-bond donors (Lipinski definition) is 1. The predicted molar refractivity (Wildman–Crippen MR) is 69.9 cm³/mol. The Morgan fingerprint density at radius 3 is 2.76 bits per heavy atom. The summed E-state index contributed by atoms with van der Waals surface area (Å²) in [5.74, 6) is 1.89. The molecule has 2 nitrogen and oxygen atoms in total. The van der Waals surface area contributed by atoms with E-state index in [9.17, 15) is 0 Å². The Hall–Kier alpha value is -1.02. The van der Waals surface area contributed by atoms with Gasteiger partial charge in [0.25, 0.3) is 0 Å². The van der Waals surface area contributed by atoms with Crippen LogP contribution in [0.4, 0.5) is 0 Å². The molecular weight excluding hydrogens is 210 g/mol. The van der Waals surface area contributed by atoms with Crippen molar-refractivity contribution in [2.24, 2.45) is 0 Å². The summed E-state index contributed by atoms with van der Waals surface area (Å²) in [6.45, 7) is 2.29. The Morgan fingerprint density at radius 1 is 1.18 bits per heavy atom. The normalized spacial score (nSPS) is 20.3. The first-order valence-corrected chi connectivity index (χ1v) is 6.79. The fourth-order valence-electron chi connectivity index (χ4n) is 3.35. The van der Waals surface area contributed by atoms with Crippen molar-refractivity contribution in [3.63, 3.8) is 0 Å². The number of hydrogen-bond acceptors (Lipinski definition) is 2. The Labute approximate surface area is 103 Å². The minimum absolute atomic E-state index is 0.692. The van der Waals surface area contributed by atoms with Crippen LogP contribution in [0.25, 0.3) is 0 Å². The van der Waals surface area contributed by atoms with Crippen LogP contribution in [-0.2, 0) is 12.8 Å². The average molecular weight is 231 g/mol. The van der Waals surface area contributed by atoms with E-state index in [1.807, 2.05) is 7.11 Å². The third-order valence-corrected chi connectivity index (χ3v) is 4.24. The molecule has 1 heterocycles. The van der Waals surface area contributed by atoms with Crippen LogP contribution >= 0.6 is 0 Å². The van der Waals surface area contributed by atoms with Gasteiger partial charge < -0.3 is 10.1 Å². The lowest BCUT2D eigenvalue weighted by Crippen LogP contribution is -2.26. The van der Waals surface area contributed by atoms with E-state index in [1.54, 1.807) is 0 Å². The second kappa shape index (κ2) is 4.69. The fourth-order valence-corrected chi connectivity index (χ4v) is 3.35. The molecule has 1 aliphatic carbocycles. The molecule has 0 amide bonds. The molecule has 1 aromatic carbocycles. The zero-order chi connectivity index (χ0) is 11.7. The second-order valence-electron chi connectivity index (χ2n) is 5.20. The van der Waals surface area contributed by atoms with Crippen LogP contribution in [0, 0.1) is 0 Å². The van der Waals surface area contributed by atoms with Gasteiger partial charge in [-0.25, -0.2) is 0 Å². The number of methoxy groups -OCH3 is 1. The van der Waals surface area contributed by atoms with Crippen molar-refractivity contribution in [3.05, 3.63) is 28.8 Å². The third kappa shape index (κ3) is 1.95. The lowest BCUT2D eigenvalue weighted by Gasteiger charge is -2.25. The number of rotatable bonds is 2. The van der Waals surface area contributed by atoms with E-state index >= 15 is 0 Å². The summed E-state index contributed by atoms with van der Waals surface area (Å²) in [5, 5.41) is 3.43. The van der Waals surface area contributed by atoms with E-state index in [0.717, 1.165) is 13.1 Å². The lowest BCUT2D eigenvalue weighted by molar-refractivity contribution is 0.388. The van der Waals surface area contributed by atoms with E-state index in [4.69, 9.17) is 4.74 Å². The maximum Gasteiger partial charge on any atom is 0.125 e. The van der Waals surface area contributed by atoms with Crippen LogP contribution in [-0.4, -0.2) is 20.2 Å². The Kier molecular flexibility index (Phi) is 3.06. The van der Waals surface area contributed by atoms with E-state index < -0.39 is 0 Å². The average Bonchev–Trinajstić information content (AvgIpc) is 2.86. The minimum Gasteiger partial charge on any atom is -0.496 e. The first-order valence-electron chi connectivity index (χ1n) is 6.79. The van der Waals surface area contributed by atoms with Crippen molar-refractivity contribution in [1.29, 1.82) is 0 Å². The topological polar surface area (TPSA) is 21.3 Å². The molecule has 0 radical (unpaired) electrons. The molecule has 17 heavy (non-hydrogen) atoms. The molecule has 2 aliphatic rings. The van der Waals surface area contributed by atoms with Crippen molar-refractivity contribution in [2.75, 3.05) is 20.2 Å². The smallest absolute Gasteiger partial charge is 0.125 e. The van der Waals surface area contributed by atoms with Gasteiger partial charge in [-0.3, -0.25) is 0 Å². The molecule has 1 aromatic rings. The number of piperidine rings is 1. The standard InChI is InChI=1S/C15H21NO/c1-17-15-13-4-2-3-11(13)5-6-14(15)12-7-9-16-10-8-12/h5-6,12,16H,2-4,7-10H2,1H3. The Balaban J connectivity index is 1.98. The second-order valence-corrected chi connectivity index (χ2v) is 5.20. The van der Waals surface area contributed by atoms with Crippen LogP contribution in [0.3, 0.4) is 0 Å². The van der Waals surface area contributed by atoms with Crippen molar-refractivity contribution >= 4 is 0 Å². The predicted octanol–water partition coefficient (Wildman–Crippen LogP) is 2.65. The maximum absolute atomic E-state index is 5.72. The van der Waals surface area contributed by atoms with Gasteiger partial charge in [0.2, 0.25) is 0 Å². The van der Waals surface area contributed by atoms with E-state index in [-0.39, 0.29) is 0 Å². The summed E-state index contributed by atoms with van der Waals surface area (Å²) in [5.41, 5.74) is 4.46. The van der Waals surface area contributed by atoms with Crippen molar-refractivity contribution in [3.8, 4) is 5.75 Å². The zero-order valence-electron chi connectivity index (χ0n) is 10.6. The van der Waals surface area contributed by atoms with Gasteiger partial charge in [0.15, 0.2) is 0 Å². The monoisotopic (exact) mass is 231 g/mol. The van der Waals surface area contributed by atoms with E-state index in [1.165, 1.54) is 54.5 Å². The molecule has 0 saturated carbocycles. The van der Waals surface area contributed by atoms with Crippen LogP contribution in [0.2, 0.25) is 0 Å². The molecule has 92 valence electrons. The molecule has 0 aromatic heterocycles. The molecule has 0 spiro atoms. The number of aryl methyl sites for hydroxylation is 1. The minimum atomic E-state index is 0.692. The van der Waals surface area contributed by atoms with Gasteiger partial charge in [0, 0.05) is 0 Å². The SMILES string of the molecule is COc1c(C2CCNCC2)ccc2c1CCC2. The Bertz CT molecular complexity index is 408. The molecule has 1 fully saturated rings. The molecule has 0 bridgehead atoms. The summed E-state index contributed by atoms with van der Waals surface area (Å²) in [7, 11) is 1.83. The van der Waals surface area contributed by atoms with E-state index in [2.05, 4.69) is 17.4 Å². The molecule has 2 heteroatoms. The number of fused-ring (bicyclic) bond motifs is 1. The number of benzene rings is 1. The van der Waals surface area contributed by atoms with Crippen molar-refractivity contribution < 1.29 is 4.74 Å². The van der Waals surface area contributed by atoms with Gasteiger partial charge in [-0.05, 0) is 67.8 Å². The summed E-state index contributed by atoms with van der Waals surface area (Å²) in [6.07, 6.45) is 6.22. The first kappa shape index (κ1) is 11.1. The lowest BCUT2D eigenvalue weighted by atomic mass is 9.87. The molecule has 0 unspecified atom stereocenters. The van der Waals surface area contributed by atoms with E-state index in [0.29, 0.717) is 5.92 Å². The van der Waals surface area contributed by atoms with Crippen LogP contribution in [0.5, 0.6) is 5.75 Å². The number of nitrogens with one attached hydrogen (secondary N) is 1. The largest absolute Gasteiger partial charge is 0.496 e. The fraction of sp³-hybridized carbons (Fsp3) is 0.600. The van der Waals surface area contributed by atoms with Gasteiger partial charge in [0.05, 0.1) is 7.11 Å². The Morgan fingerprint density at radius 2 is 2.00 bits per heavy atom. The van der Waals surface area contributed by atoms with Crippen molar-refractivity contribution in [2.45, 2.75) is 38.0 Å². The highest BCUT2D eigenvalue weighted by Gasteiger charge is 2.24. The summed E-state index contributed by atoms with van der Waals surface area (Å²) < 4.78 is 5.72. The molecule has 1 N–H and O–H groups in total. The highest BCUT2D eigenvalue weighted by Crippen LogP contribution is 2.39. The van der Waals surface area contributed by atoms with Gasteiger partial charge in [-0.2, -0.15) is 0 Å². The zero-order valence-corrected chi connectivity index (χ0v) is 10.6. The molecule has 0 atom stereocenters. The van der Waals surface area contributed by atoms with Crippen LogP contribution in [0.1, 0.15) is 41.9 Å². The quantitative estimate of drug-likeness (QED) is 0.845. The molecule has 1 aliphatic heterocycles. The molecule has 1 saturated heterocycles. The summed E-state index contributed by atoms with van der Waals surface area (Å²) in [6, 6.07) is 4.65. The molecular formula is C15H21NO. The highest BCUT2D eigenvalue weighted by molar-refractivity contribution is 5.50. The van der Waals surface area contributed by atoms with Crippen LogP contribution < -0.4 is 10.1 Å². The third-order valence-electron chi connectivity index (χ3n) is 4.24. The summed E-state index contributed by atoms with van der Waals surface area (Å²) >= 11 is 0. The van der Waals surface area contributed by atoms with Gasteiger partial charge >= 0.3 is 0 Å². The van der Waals surface area contributed by atoms with Crippen LogP contribution in [0.15, 0.2) is 12.1 Å². The number of ether oxygens (including phenoxy) is 1. The van der Waals surface area contributed by atoms with Gasteiger partial charge in [0.1, 0.15) is 5.75 Å².